The molecule has 0 aliphatic rings. The maximum atomic E-state index is 12.8. The molecule has 21 heavy (non-hydrogen) atoms. The SMILES string of the molecule is CCCCN(CCCC)S(=O)(=O)c1ccc(C)c(CCl)c1. The van der Waals surface area contributed by atoms with Gasteiger partial charge in [-0.05, 0) is 43.0 Å². The number of alkyl halides is 1. The van der Waals surface area contributed by atoms with Crippen molar-refractivity contribution >= 4 is 21.6 Å². The van der Waals surface area contributed by atoms with Crippen molar-refractivity contribution in [2.24, 2.45) is 0 Å². The fourth-order valence-corrected chi connectivity index (χ4v) is 3.98. The molecule has 3 nitrogen and oxygen atoms in total. The quantitative estimate of drug-likeness (QED) is 0.632. The summed E-state index contributed by atoms with van der Waals surface area (Å²) in [5.41, 5.74) is 1.90. The molecule has 0 radical (unpaired) electrons. The third-order valence-electron chi connectivity index (χ3n) is 3.62. The van der Waals surface area contributed by atoms with Gasteiger partial charge in [-0.3, -0.25) is 0 Å². The minimum atomic E-state index is -3.42. The summed E-state index contributed by atoms with van der Waals surface area (Å²) in [6.07, 6.45) is 3.74. The molecule has 120 valence electrons. The largest absolute Gasteiger partial charge is 0.243 e. The average molecular weight is 332 g/mol. The molecule has 0 unspecified atom stereocenters. The second-order valence-corrected chi connectivity index (χ2v) is 7.54. The number of aryl methyl sites for hydroxylation is 1. The van der Waals surface area contributed by atoms with E-state index in [9.17, 15) is 8.42 Å². The van der Waals surface area contributed by atoms with Crippen molar-refractivity contribution in [1.29, 1.82) is 0 Å². The lowest BCUT2D eigenvalue weighted by Crippen LogP contribution is -2.33. The minimum absolute atomic E-state index is 0.332. The molecular weight excluding hydrogens is 306 g/mol. The lowest BCUT2D eigenvalue weighted by Gasteiger charge is -2.22. The summed E-state index contributed by atoms with van der Waals surface area (Å²) in [7, 11) is -3.42. The van der Waals surface area contributed by atoms with Crippen LogP contribution in [0.1, 0.15) is 50.7 Å². The zero-order valence-electron chi connectivity index (χ0n) is 13.2. The number of nitrogens with zero attached hydrogens (tertiary/aromatic N) is 1. The number of rotatable bonds is 9. The van der Waals surface area contributed by atoms with Crippen LogP contribution in [0.2, 0.25) is 0 Å². The Morgan fingerprint density at radius 3 is 2.14 bits per heavy atom. The van der Waals surface area contributed by atoms with E-state index in [-0.39, 0.29) is 0 Å². The summed E-state index contributed by atoms with van der Waals surface area (Å²) in [6, 6.07) is 5.23. The van der Waals surface area contributed by atoms with Crippen molar-refractivity contribution in [2.45, 2.75) is 57.2 Å². The van der Waals surface area contributed by atoms with Gasteiger partial charge in [-0.15, -0.1) is 11.6 Å². The first-order valence-electron chi connectivity index (χ1n) is 7.63. The van der Waals surface area contributed by atoms with E-state index in [4.69, 9.17) is 11.6 Å². The monoisotopic (exact) mass is 331 g/mol. The Morgan fingerprint density at radius 1 is 1.10 bits per heavy atom. The fraction of sp³-hybridized carbons (Fsp3) is 0.625. The normalized spacial score (nSPS) is 12.0. The molecule has 1 aromatic rings. The predicted octanol–water partition coefficient (Wildman–Crippen LogP) is 4.32. The van der Waals surface area contributed by atoms with Gasteiger partial charge in [0.05, 0.1) is 4.90 Å². The van der Waals surface area contributed by atoms with E-state index < -0.39 is 10.0 Å². The van der Waals surface area contributed by atoms with Gasteiger partial charge in [-0.2, -0.15) is 4.31 Å². The van der Waals surface area contributed by atoms with Crippen LogP contribution in [0.15, 0.2) is 23.1 Å². The maximum Gasteiger partial charge on any atom is 0.243 e. The van der Waals surface area contributed by atoms with Gasteiger partial charge >= 0.3 is 0 Å². The highest BCUT2D eigenvalue weighted by molar-refractivity contribution is 7.89. The molecule has 0 saturated carbocycles. The zero-order chi connectivity index (χ0) is 15.9. The number of benzene rings is 1. The molecule has 1 aromatic carbocycles. The van der Waals surface area contributed by atoms with Gasteiger partial charge < -0.3 is 0 Å². The first-order chi connectivity index (χ1) is 9.97. The molecule has 5 heteroatoms. The van der Waals surface area contributed by atoms with Crippen LogP contribution < -0.4 is 0 Å². The number of sulfonamides is 1. The third-order valence-corrected chi connectivity index (χ3v) is 5.81. The molecule has 0 aliphatic heterocycles. The number of unbranched alkanes of at least 4 members (excludes halogenated alkanes) is 2. The summed E-state index contributed by atoms with van der Waals surface area (Å²) in [5.74, 6) is 0.332. The molecule has 0 heterocycles. The molecule has 0 aromatic heterocycles. The lowest BCUT2D eigenvalue weighted by molar-refractivity contribution is 0.395. The Labute approximate surface area is 134 Å². The number of hydrogen-bond acceptors (Lipinski definition) is 2. The van der Waals surface area contributed by atoms with E-state index in [0.29, 0.717) is 23.9 Å². The molecular formula is C16H26ClNO2S. The summed E-state index contributed by atoms with van der Waals surface area (Å²) in [5, 5.41) is 0. The Kier molecular flexibility index (Phi) is 7.71. The molecule has 0 atom stereocenters. The number of hydrogen-bond donors (Lipinski definition) is 0. The Bertz CT molecular complexity index is 535. The highest BCUT2D eigenvalue weighted by Gasteiger charge is 2.23. The maximum absolute atomic E-state index is 12.8. The van der Waals surface area contributed by atoms with Crippen molar-refractivity contribution in [3.8, 4) is 0 Å². The van der Waals surface area contributed by atoms with Crippen molar-refractivity contribution in [1.82, 2.24) is 4.31 Å². The molecule has 0 amide bonds. The van der Waals surface area contributed by atoms with Crippen LogP contribution >= 0.6 is 11.6 Å². The molecule has 0 spiro atoms. The van der Waals surface area contributed by atoms with Gasteiger partial charge in [0, 0.05) is 19.0 Å². The average Bonchev–Trinajstić information content (AvgIpc) is 2.47. The summed E-state index contributed by atoms with van der Waals surface area (Å²) in [6.45, 7) is 7.26. The summed E-state index contributed by atoms with van der Waals surface area (Å²) >= 11 is 5.89. The van der Waals surface area contributed by atoms with Gasteiger partial charge in [0.15, 0.2) is 0 Å². The topological polar surface area (TPSA) is 37.4 Å². The van der Waals surface area contributed by atoms with E-state index in [2.05, 4.69) is 13.8 Å². The van der Waals surface area contributed by atoms with Crippen LogP contribution in [-0.2, 0) is 15.9 Å². The highest BCUT2D eigenvalue weighted by atomic mass is 35.5. The summed E-state index contributed by atoms with van der Waals surface area (Å²) in [4.78, 5) is 0.357. The van der Waals surface area contributed by atoms with Gasteiger partial charge in [-0.25, -0.2) is 8.42 Å². The first-order valence-corrected chi connectivity index (χ1v) is 9.60. The van der Waals surface area contributed by atoms with Gasteiger partial charge in [0.2, 0.25) is 10.0 Å². The van der Waals surface area contributed by atoms with E-state index in [1.807, 2.05) is 13.0 Å². The van der Waals surface area contributed by atoms with Crippen LogP contribution in [0, 0.1) is 6.92 Å². The van der Waals surface area contributed by atoms with Crippen LogP contribution in [0.4, 0.5) is 0 Å². The van der Waals surface area contributed by atoms with Crippen LogP contribution in [-0.4, -0.2) is 25.8 Å². The van der Waals surface area contributed by atoms with Crippen LogP contribution in [0.25, 0.3) is 0 Å². The smallest absolute Gasteiger partial charge is 0.207 e. The summed E-state index contributed by atoms with van der Waals surface area (Å²) < 4.78 is 27.2. The van der Waals surface area contributed by atoms with Crippen molar-refractivity contribution < 1.29 is 8.42 Å². The molecule has 0 bridgehead atoms. The predicted molar refractivity (Wildman–Crippen MR) is 89.3 cm³/mol. The molecule has 0 N–H and O–H groups in total. The molecule has 0 saturated heterocycles. The third kappa shape index (κ3) is 4.97. The molecule has 0 fully saturated rings. The van der Waals surface area contributed by atoms with Crippen molar-refractivity contribution in [3.63, 3.8) is 0 Å². The number of halogens is 1. The molecule has 1 rings (SSSR count). The minimum Gasteiger partial charge on any atom is -0.207 e. The Morgan fingerprint density at radius 2 is 1.67 bits per heavy atom. The first kappa shape index (κ1) is 18.5. The van der Waals surface area contributed by atoms with Gasteiger partial charge in [0.1, 0.15) is 0 Å². The van der Waals surface area contributed by atoms with E-state index in [1.165, 1.54) is 0 Å². The second kappa shape index (κ2) is 8.76. The van der Waals surface area contributed by atoms with E-state index in [0.717, 1.165) is 36.8 Å². The Balaban J connectivity index is 3.08. The fourth-order valence-electron chi connectivity index (χ4n) is 2.12. The van der Waals surface area contributed by atoms with E-state index >= 15 is 0 Å². The van der Waals surface area contributed by atoms with E-state index in [1.54, 1.807) is 16.4 Å². The second-order valence-electron chi connectivity index (χ2n) is 5.33. The Hall–Kier alpha value is -0.580. The highest BCUT2D eigenvalue weighted by Crippen LogP contribution is 2.21. The van der Waals surface area contributed by atoms with Crippen LogP contribution in [0.3, 0.4) is 0 Å². The van der Waals surface area contributed by atoms with Gasteiger partial charge in [0.25, 0.3) is 0 Å². The zero-order valence-corrected chi connectivity index (χ0v) is 14.8. The van der Waals surface area contributed by atoms with Crippen molar-refractivity contribution in [3.05, 3.63) is 29.3 Å². The van der Waals surface area contributed by atoms with Gasteiger partial charge in [-0.1, -0.05) is 32.8 Å². The van der Waals surface area contributed by atoms with Crippen molar-refractivity contribution in [2.75, 3.05) is 13.1 Å². The lowest BCUT2D eigenvalue weighted by atomic mass is 10.1. The van der Waals surface area contributed by atoms with Crippen LogP contribution in [0.5, 0.6) is 0 Å². The molecule has 0 aliphatic carbocycles. The standard InChI is InChI=1S/C16H26ClNO2S/c1-4-6-10-18(11-7-5-2)21(19,20)16-9-8-14(3)15(12-16)13-17/h8-9,12H,4-7,10-11,13H2,1-3H3.